The van der Waals surface area contributed by atoms with E-state index in [2.05, 4.69) is 25.3 Å². The average molecular weight is 393 g/mol. The first-order valence-electron chi connectivity index (χ1n) is 7.79. The van der Waals surface area contributed by atoms with Gasteiger partial charge in [0.15, 0.2) is 5.82 Å². The molecule has 0 radical (unpaired) electrons. The molecule has 0 aliphatic rings. The monoisotopic (exact) mass is 392 g/mol. The molecule has 0 saturated heterocycles. The first-order valence-corrected chi connectivity index (χ1v) is 9.65. The van der Waals surface area contributed by atoms with E-state index in [0.717, 1.165) is 0 Å². The first-order chi connectivity index (χ1) is 12.5. The number of aromatic nitrogens is 4. The zero-order valence-electron chi connectivity index (χ0n) is 13.9. The van der Waals surface area contributed by atoms with E-state index >= 15 is 0 Å². The van der Waals surface area contributed by atoms with E-state index in [0.29, 0.717) is 28.8 Å². The Labute approximate surface area is 156 Å². The van der Waals surface area contributed by atoms with Crippen molar-refractivity contribution in [2.24, 2.45) is 0 Å². The number of rotatable bonds is 7. The Morgan fingerprint density at radius 3 is 2.69 bits per heavy atom. The fourth-order valence-corrected chi connectivity index (χ4v) is 3.80. The highest BCUT2D eigenvalue weighted by atomic mass is 35.5. The van der Waals surface area contributed by atoms with E-state index < -0.39 is 10.0 Å². The largest absolute Gasteiger partial charge is 0.367 e. The Hall–Kier alpha value is -2.49. The van der Waals surface area contributed by atoms with E-state index in [1.54, 1.807) is 54.3 Å². The molecule has 8 nitrogen and oxygen atoms in total. The van der Waals surface area contributed by atoms with Gasteiger partial charge in [0, 0.05) is 30.5 Å². The molecule has 26 heavy (non-hydrogen) atoms. The topological polar surface area (TPSA) is 102 Å². The third-order valence-electron chi connectivity index (χ3n) is 3.55. The van der Waals surface area contributed by atoms with E-state index in [1.165, 1.54) is 6.07 Å². The second-order valence-electron chi connectivity index (χ2n) is 5.46. The molecule has 0 spiro atoms. The van der Waals surface area contributed by atoms with Crippen LogP contribution in [0.1, 0.15) is 5.56 Å². The van der Waals surface area contributed by atoms with Gasteiger partial charge < -0.3 is 5.32 Å². The molecule has 1 aromatic carbocycles. The summed E-state index contributed by atoms with van der Waals surface area (Å²) in [7, 11) is -3.63. The zero-order valence-corrected chi connectivity index (χ0v) is 15.5. The van der Waals surface area contributed by atoms with Crippen LogP contribution in [0.4, 0.5) is 5.82 Å². The molecular weight excluding hydrogens is 376 g/mol. The average Bonchev–Trinajstić information content (AvgIpc) is 3.16. The van der Waals surface area contributed by atoms with E-state index in [1.807, 2.05) is 0 Å². The number of aryl methyl sites for hydroxylation is 1. The van der Waals surface area contributed by atoms with Gasteiger partial charge in [-0.15, -0.1) is 10.2 Å². The molecular formula is C16H17ClN6O2S. The highest BCUT2D eigenvalue weighted by Crippen LogP contribution is 2.19. The minimum Gasteiger partial charge on any atom is -0.367 e. The van der Waals surface area contributed by atoms with Crippen LogP contribution in [0.5, 0.6) is 0 Å². The Balaban J connectivity index is 1.54. The quantitative estimate of drug-likeness (QED) is 0.596. The lowest BCUT2D eigenvalue weighted by atomic mass is 10.2. The molecule has 10 heteroatoms. The first kappa shape index (κ1) is 18.3. The predicted octanol–water partition coefficient (Wildman–Crippen LogP) is 2.01. The summed E-state index contributed by atoms with van der Waals surface area (Å²) in [6.07, 6.45) is 3.42. The number of hydrogen-bond acceptors (Lipinski definition) is 6. The molecule has 2 N–H and O–H groups in total. The summed E-state index contributed by atoms with van der Waals surface area (Å²) in [6.45, 7) is 2.27. The normalized spacial score (nSPS) is 11.5. The fraction of sp³-hybridized carbons (Fsp3) is 0.188. The summed E-state index contributed by atoms with van der Waals surface area (Å²) < 4.78 is 28.8. The fourth-order valence-electron chi connectivity index (χ4n) is 2.26. The minimum absolute atomic E-state index is 0.174. The maximum absolute atomic E-state index is 12.4. The maximum Gasteiger partial charge on any atom is 0.240 e. The molecule has 0 fully saturated rings. The summed E-state index contributed by atoms with van der Waals surface area (Å²) in [5, 5.41) is 15.5. The van der Waals surface area contributed by atoms with Gasteiger partial charge in [-0.25, -0.2) is 17.8 Å². The molecule has 0 unspecified atom stereocenters. The smallest absolute Gasteiger partial charge is 0.240 e. The number of nitrogens with one attached hydrogen (secondary N) is 2. The van der Waals surface area contributed by atoms with Gasteiger partial charge in [0.2, 0.25) is 10.0 Å². The van der Waals surface area contributed by atoms with E-state index in [4.69, 9.17) is 11.6 Å². The number of anilines is 1. The number of sulfonamides is 1. The second-order valence-corrected chi connectivity index (χ2v) is 7.63. The molecule has 0 saturated carbocycles. The number of benzene rings is 1. The Bertz CT molecular complexity index is 974. The van der Waals surface area contributed by atoms with Crippen molar-refractivity contribution in [1.82, 2.24) is 24.7 Å². The molecule has 0 amide bonds. The molecule has 0 atom stereocenters. The molecule has 2 heterocycles. The molecule has 0 bridgehead atoms. The maximum atomic E-state index is 12.4. The van der Waals surface area contributed by atoms with Crippen LogP contribution in [0.2, 0.25) is 5.02 Å². The molecule has 2 aromatic heterocycles. The Morgan fingerprint density at radius 2 is 2.00 bits per heavy atom. The van der Waals surface area contributed by atoms with Crippen molar-refractivity contribution < 1.29 is 8.42 Å². The van der Waals surface area contributed by atoms with Gasteiger partial charge in [-0.05, 0) is 42.8 Å². The van der Waals surface area contributed by atoms with Crippen LogP contribution < -0.4 is 10.0 Å². The summed E-state index contributed by atoms with van der Waals surface area (Å²) in [4.78, 5) is 0.174. The lowest BCUT2D eigenvalue weighted by Gasteiger charge is -2.10. The number of halogens is 1. The highest BCUT2D eigenvalue weighted by Gasteiger charge is 2.16. The van der Waals surface area contributed by atoms with Crippen molar-refractivity contribution in [1.29, 1.82) is 0 Å². The van der Waals surface area contributed by atoms with Gasteiger partial charge in [0.05, 0.1) is 4.90 Å². The van der Waals surface area contributed by atoms with Gasteiger partial charge in [-0.1, -0.05) is 17.7 Å². The lowest BCUT2D eigenvalue weighted by molar-refractivity contribution is 0.582. The van der Waals surface area contributed by atoms with Crippen LogP contribution in [-0.4, -0.2) is 41.5 Å². The predicted molar refractivity (Wildman–Crippen MR) is 99.0 cm³/mol. The van der Waals surface area contributed by atoms with Crippen molar-refractivity contribution in [3.63, 3.8) is 0 Å². The van der Waals surface area contributed by atoms with Crippen molar-refractivity contribution in [2.75, 3.05) is 18.4 Å². The van der Waals surface area contributed by atoms with Gasteiger partial charge in [-0.2, -0.15) is 5.10 Å². The van der Waals surface area contributed by atoms with Gasteiger partial charge in [0.25, 0.3) is 0 Å². The summed E-state index contributed by atoms with van der Waals surface area (Å²) >= 11 is 5.89. The molecule has 3 aromatic rings. The number of nitrogens with zero attached hydrogens (tertiary/aromatic N) is 4. The number of hydrogen-bond donors (Lipinski definition) is 2. The van der Waals surface area contributed by atoms with Crippen molar-refractivity contribution in [2.45, 2.75) is 11.8 Å². The summed E-state index contributed by atoms with van der Waals surface area (Å²) in [6, 6.07) is 10.1. The zero-order chi connectivity index (χ0) is 18.6. The molecule has 0 aliphatic heterocycles. The Morgan fingerprint density at radius 1 is 1.15 bits per heavy atom. The molecule has 3 rings (SSSR count). The van der Waals surface area contributed by atoms with Crippen molar-refractivity contribution in [3.05, 3.63) is 59.4 Å². The van der Waals surface area contributed by atoms with Crippen LogP contribution in [0.15, 0.2) is 53.7 Å². The molecule has 136 valence electrons. The summed E-state index contributed by atoms with van der Waals surface area (Å²) in [5.41, 5.74) is 0.634. The van der Waals surface area contributed by atoms with Crippen LogP contribution >= 0.6 is 11.6 Å². The Kier molecular flexibility index (Phi) is 5.50. The van der Waals surface area contributed by atoms with Gasteiger partial charge >= 0.3 is 0 Å². The highest BCUT2D eigenvalue weighted by molar-refractivity contribution is 7.89. The van der Waals surface area contributed by atoms with Gasteiger partial charge in [-0.3, -0.25) is 0 Å². The third kappa shape index (κ3) is 4.37. The van der Waals surface area contributed by atoms with Crippen LogP contribution in [-0.2, 0) is 10.0 Å². The SMILES string of the molecule is Cc1ccc(Cl)cc1S(=O)(=O)NCCNc1ccc(-n2cccn2)nn1. The van der Waals surface area contributed by atoms with Gasteiger partial charge in [0.1, 0.15) is 5.82 Å². The second kappa shape index (κ2) is 7.81. The van der Waals surface area contributed by atoms with Crippen molar-refractivity contribution in [3.8, 4) is 5.82 Å². The van der Waals surface area contributed by atoms with Crippen molar-refractivity contribution >= 4 is 27.4 Å². The lowest BCUT2D eigenvalue weighted by Crippen LogP contribution is -2.29. The third-order valence-corrected chi connectivity index (χ3v) is 5.39. The van der Waals surface area contributed by atoms with Crippen LogP contribution in [0, 0.1) is 6.92 Å². The standard InChI is InChI=1S/C16H17ClN6O2S/c1-12-3-4-13(17)11-14(12)26(24,25)20-9-8-18-15-5-6-16(22-21-15)23-10-2-7-19-23/h2-7,10-11,20H,8-9H2,1H3,(H,18,21). The minimum atomic E-state index is -3.63. The molecule has 0 aliphatic carbocycles. The van der Waals surface area contributed by atoms with E-state index in [-0.39, 0.29) is 11.4 Å². The van der Waals surface area contributed by atoms with Crippen LogP contribution in [0.25, 0.3) is 5.82 Å². The van der Waals surface area contributed by atoms with E-state index in [9.17, 15) is 8.42 Å². The summed E-state index contributed by atoms with van der Waals surface area (Å²) in [5.74, 6) is 1.14. The van der Waals surface area contributed by atoms with Crippen LogP contribution in [0.3, 0.4) is 0 Å².